The van der Waals surface area contributed by atoms with Crippen LogP contribution in [0, 0.1) is 11.8 Å². The first kappa shape index (κ1) is 19.0. The monoisotopic (exact) mass is 394 g/mol. The number of carbonyl (C=O) groups is 2. The van der Waals surface area contributed by atoms with Gasteiger partial charge in [-0.05, 0) is 59.5 Å². The van der Waals surface area contributed by atoms with Crippen LogP contribution in [0.4, 0.5) is 5.69 Å². The maximum atomic E-state index is 11.9. The first-order chi connectivity index (χ1) is 14.5. The van der Waals surface area contributed by atoms with Gasteiger partial charge in [-0.15, -0.1) is 0 Å². The van der Waals surface area contributed by atoms with E-state index in [0.717, 1.165) is 22.0 Å². The fourth-order valence-electron chi connectivity index (χ4n) is 3.33. The molecule has 0 aliphatic heterocycles. The van der Waals surface area contributed by atoms with Gasteiger partial charge in [0.05, 0.1) is 5.56 Å². The zero-order valence-corrected chi connectivity index (χ0v) is 16.2. The van der Waals surface area contributed by atoms with Crippen LogP contribution in [0.15, 0.2) is 72.9 Å². The molecule has 0 saturated heterocycles. The number of nitrogens with one attached hydrogen (secondary N) is 2. The Kier molecular flexibility index (Phi) is 5.06. The Labute approximate surface area is 173 Å². The van der Waals surface area contributed by atoms with Crippen LogP contribution in [0.5, 0.6) is 0 Å². The van der Waals surface area contributed by atoms with Crippen molar-refractivity contribution in [3.05, 3.63) is 89.6 Å². The van der Waals surface area contributed by atoms with Gasteiger partial charge in [0.1, 0.15) is 0 Å². The largest absolute Gasteiger partial charge is 0.478 e. The molecule has 0 bridgehead atoms. The Morgan fingerprint density at radius 1 is 0.967 bits per heavy atom. The molecule has 0 radical (unpaired) electrons. The van der Waals surface area contributed by atoms with E-state index in [1.54, 1.807) is 24.3 Å². The summed E-state index contributed by atoms with van der Waals surface area (Å²) in [4.78, 5) is 26.2. The van der Waals surface area contributed by atoms with Crippen molar-refractivity contribution in [2.24, 2.45) is 0 Å². The van der Waals surface area contributed by atoms with Gasteiger partial charge in [-0.1, -0.05) is 30.0 Å². The third kappa shape index (κ3) is 3.94. The van der Waals surface area contributed by atoms with Gasteiger partial charge >= 0.3 is 5.97 Å². The molecule has 0 atom stereocenters. The summed E-state index contributed by atoms with van der Waals surface area (Å²) in [5.74, 6) is 5.06. The lowest BCUT2D eigenvalue weighted by Crippen LogP contribution is -2.05. The number of carbonyl (C=O) groups excluding carboxylic acids is 1. The van der Waals surface area contributed by atoms with E-state index >= 15 is 0 Å². The van der Waals surface area contributed by atoms with Gasteiger partial charge in [-0.2, -0.15) is 0 Å². The summed E-state index contributed by atoms with van der Waals surface area (Å²) in [6, 6.07) is 20.0. The zero-order valence-electron chi connectivity index (χ0n) is 16.2. The Morgan fingerprint density at radius 3 is 2.50 bits per heavy atom. The molecule has 3 N–H and O–H groups in total. The number of H-pyrrole nitrogens is 1. The molecule has 0 unspecified atom stereocenters. The molecule has 0 fully saturated rings. The molecule has 5 nitrogen and oxygen atoms in total. The lowest BCUT2D eigenvalue weighted by Gasteiger charge is -2.10. The highest BCUT2D eigenvalue weighted by Gasteiger charge is 2.15. The maximum absolute atomic E-state index is 11.9. The lowest BCUT2D eigenvalue weighted by atomic mass is 9.93. The highest BCUT2D eigenvalue weighted by atomic mass is 16.4. The molecule has 1 amide bonds. The zero-order chi connectivity index (χ0) is 21.1. The Bertz CT molecular complexity index is 1320. The quantitative estimate of drug-likeness (QED) is 0.433. The van der Waals surface area contributed by atoms with Crippen LogP contribution >= 0.6 is 0 Å². The average molecular weight is 394 g/mol. The number of hydrogen-bond donors (Lipinski definition) is 3. The van der Waals surface area contributed by atoms with Crippen LogP contribution in [-0.2, 0) is 4.79 Å². The number of benzene rings is 3. The number of amides is 1. The molecule has 0 aliphatic carbocycles. The summed E-state index contributed by atoms with van der Waals surface area (Å²) < 4.78 is 0. The van der Waals surface area contributed by atoms with Gasteiger partial charge in [0.15, 0.2) is 0 Å². The van der Waals surface area contributed by atoms with Gasteiger partial charge in [0, 0.05) is 41.0 Å². The topological polar surface area (TPSA) is 82.2 Å². The van der Waals surface area contributed by atoms with Crippen molar-refractivity contribution in [1.82, 2.24) is 4.98 Å². The average Bonchev–Trinajstić information content (AvgIpc) is 3.20. The summed E-state index contributed by atoms with van der Waals surface area (Å²) in [6.07, 6.45) is 1.85. The fourth-order valence-corrected chi connectivity index (χ4v) is 3.33. The molecule has 0 saturated carbocycles. The SMILES string of the molecule is CC(=O)Nc1ccc(C#Cc2cccc(C(=O)O)c2-c2ccc3cc[nH]c3c2)cc1. The number of aromatic carboxylic acids is 1. The summed E-state index contributed by atoms with van der Waals surface area (Å²) in [6.45, 7) is 1.45. The molecule has 3 aromatic carbocycles. The van der Waals surface area contributed by atoms with Gasteiger partial charge in [-0.25, -0.2) is 4.79 Å². The standard InChI is InChI=1S/C25H18N2O3/c1-16(28)27-21-11-6-17(7-12-21)5-8-19-3-2-4-22(25(29)30)24(19)20-10-9-18-13-14-26-23(18)15-20/h2-4,6-7,9-15,26H,1H3,(H,27,28)(H,29,30). The second-order valence-corrected chi connectivity index (χ2v) is 6.82. The Morgan fingerprint density at radius 2 is 1.77 bits per heavy atom. The summed E-state index contributed by atoms with van der Waals surface area (Å²) in [5, 5.41) is 13.5. The van der Waals surface area contributed by atoms with Crippen molar-refractivity contribution in [2.75, 3.05) is 5.32 Å². The van der Waals surface area contributed by atoms with Crippen LogP contribution in [-0.4, -0.2) is 22.0 Å². The maximum Gasteiger partial charge on any atom is 0.336 e. The molecule has 4 rings (SSSR count). The van der Waals surface area contributed by atoms with Gasteiger partial charge in [0.25, 0.3) is 0 Å². The van der Waals surface area contributed by atoms with E-state index in [1.807, 2.05) is 48.7 Å². The minimum atomic E-state index is -1.00. The highest BCUT2D eigenvalue weighted by Crippen LogP contribution is 2.30. The molecule has 0 aliphatic rings. The van der Waals surface area contributed by atoms with Crippen molar-refractivity contribution < 1.29 is 14.7 Å². The first-order valence-electron chi connectivity index (χ1n) is 9.35. The molecule has 30 heavy (non-hydrogen) atoms. The van der Waals surface area contributed by atoms with Crippen molar-refractivity contribution in [2.45, 2.75) is 6.92 Å². The van der Waals surface area contributed by atoms with E-state index < -0.39 is 5.97 Å². The number of fused-ring (bicyclic) bond motifs is 1. The van der Waals surface area contributed by atoms with Crippen molar-refractivity contribution in [3.63, 3.8) is 0 Å². The molecule has 4 aromatic rings. The predicted molar refractivity (Wildman–Crippen MR) is 117 cm³/mol. The molecule has 0 spiro atoms. The minimum Gasteiger partial charge on any atom is -0.478 e. The number of anilines is 1. The van der Waals surface area contributed by atoms with Gasteiger partial charge in [-0.3, -0.25) is 4.79 Å². The molecule has 1 heterocycles. The van der Waals surface area contributed by atoms with Crippen LogP contribution in [0.2, 0.25) is 0 Å². The van der Waals surface area contributed by atoms with Gasteiger partial charge in [0.2, 0.25) is 5.91 Å². The summed E-state index contributed by atoms with van der Waals surface area (Å²) in [7, 11) is 0. The number of aromatic nitrogens is 1. The molecular formula is C25H18N2O3. The Hall–Kier alpha value is -4.30. The molecule has 1 aromatic heterocycles. The van der Waals surface area contributed by atoms with Crippen molar-refractivity contribution in [1.29, 1.82) is 0 Å². The second kappa shape index (κ2) is 7.98. The number of carboxylic acids is 1. The summed E-state index contributed by atoms with van der Waals surface area (Å²) in [5.41, 5.74) is 4.59. The fraction of sp³-hybridized carbons (Fsp3) is 0.0400. The van der Waals surface area contributed by atoms with E-state index in [9.17, 15) is 14.7 Å². The third-order valence-corrected chi connectivity index (χ3v) is 4.69. The van der Waals surface area contributed by atoms with E-state index in [-0.39, 0.29) is 11.5 Å². The number of hydrogen-bond acceptors (Lipinski definition) is 2. The molecule has 146 valence electrons. The lowest BCUT2D eigenvalue weighted by molar-refractivity contribution is -0.114. The van der Waals surface area contributed by atoms with Crippen LogP contribution in [0.3, 0.4) is 0 Å². The van der Waals surface area contributed by atoms with Crippen LogP contribution in [0.1, 0.15) is 28.4 Å². The molecular weight excluding hydrogens is 376 g/mol. The van der Waals surface area contributed by atoms with Crippen molar-refractivity contribution >= 4 is 28.5 Å². The highest BCUT2D eigenvalue weighted by molar-refractivity contribution is 5.99. The third-order valence-electron chi connectivity index (χ3n) is 4.69. The normalized spacial score (nSPS) is 10.3. The predicted octanol–water partition coefficient (Wildman–Crippen LogP) is 4.89. The number of rotatable bonds is 3. The minimum absolute atomic E-state index is 0.136. The Balaban J connectivity index is 1.77. The summed E-state index contributed by atoms with van der Waals surface area (Å²) >= 11 is 0. The smallest absolute Gasteiger partial charge is 0.336 e. The number of carboxylic acid groups (broad SMARTS) is 1. The first-order valence-corrected chi connectivity index (χ1v) is 9.35. The molecule has 5 heteroatoms. The second-order valence-electron chi connectivity index (χ2n) is 6.82. The van der Waals surface area contributed by atoms with E-state index in [0.29, 0.717) is 16.8 Å². The van der Waals surface area contributed by atoms with Gasteiger partial charge < -0.3 is 15.4 Å². The van der Waals surface area contributed by atoms with Crippen LogP contribution in [0.25, 0.3) is 22.0 Å². The van der Waals surface area contributed by atoms with E-state index in [1.165, 1.54) is 6.92 Å². The van der Waals surface area contributed by atoms with E-state index in [4.69, 9.17) is 0 Å². The van der Waals surface area contributed by atoms with Crippen molar-refractivity contribution in [3.8, 4) is 23.0 Å². The number of aromatic amines is 1. The van der Waals surface area contributed by atoms with E-state index in [2.05, 4.69) is 22.1 Å². The van der Waals surface area contributed by atoms with Crippen LogP contribution < -0.4 is 5.32 Å².